The summed E-state index contributed by atoms with van der Waals surface area (Å²) >= 11 is 0. The first-order chi connectivity index (χ1) is 13.1. The zero-order chi connectivity index (χ0) is 19.1. The Morgan fingerprint density at radius 1 is 1.00 bits per heavy atom. The summed E-state index contributed by atoms with van der Waals surface area (Å²) < 4.78 is 5.49. The Hall–Kier alpha value is -3.67. The molecule has 0 saturated heterocycles. The Morgan fingerprint density at radius 2 is 1.78 bits per heavy atom. The smallest absolute Gasteiger partial charge is 0.258 e. The molecule has 1 atom stereocenters. The average Bonchev–Trinajstić information content (AvgIpc) is 2.72. The van der Waals surface area contributed by atoms with Crippen LogP contribution in [0.2, 0.25) is 0 Å². The fourth-order valence-corrected chi connectivity index (χ4v) is 2.61. The Labute approximate surface area is 157 Å². The van der Waals surface area contributed by atoms with E-state index >= 15 is 0 Å². The summed E-state index contributed by atoms with van der Waals surface area (Å²) in [7, 11) is 0. The number of nitrogens with zero attached hydrogens (tertiary/aromatic N) is 1. The maximum absolute atomic E-state index is 12.4. The van der Waals surface area contributed by atoms with Gasteiger partial charge in [0.25, 0.3) is 5.91 Å². The topological polar surface area (TPSA) is 94.3 Å². The van der Waals surface area contributed by atoms with Crippen LogP contribution in [0.15, 0.2) is 79.0 Å². The molecule has 0 fully saturated rings. The van der Waals surface area contributed by atoms with Gasteiger partial charge >= 0.3 is 0 Å². The highest BCUT2D eigenvalue weighted by atomic mass is 16.5. The zero-order valence-electron chi connectivity index (χ0n) is 14.5. The van der Waals surface area contributed by atoms with Crippen LogP contribution in [0, 0.1) is 0 Å². The third-order valence-corrected chi connectivity index (χ3v) is 3.91. The second kappa shape index (κ2) is 8.62. The SMILES string of the molecule is NC(=O)c1cccc(OCC(=O)N[C@@H](c2ccccc2)c2ccccn2)c1. The van der Waals surface area contributed by atoms with Crippen LogP contribution in [0.1, 0.15) is 27.7 Å². The largest absolute Gasteiger partial charge is 0.484 e. The maximum Gasteiger partial charge on any atom is 0.258 e. The maximum atomic E-state index is 12.4. The lowest BCUT2D eigenvalue weighted by atomic mass is 10.0. The van der Waals surface area contributed by atoms with Gasteiger partial charge in [-0.1, -0.05) is 42.5 Å². The van der Waals surface area contributed by atoms with Gasteiger partial charge in [0.1, 0.15) is 5.75 Å². The molecule has 0 saturated carbocycles. The molecule has 0 aliphatic carbocycles. The zero-order valence-corrected chi connectivity index (χ0v) is 14.5. The Kier molecular flexibility index (Phi) is 5.79. The first-order valence-electron chi connectivity index (χ1n) is 8.41. The van der Waals surface area contributed by atoms with Gasteiger partial charge in [0, 0.05) is 11.8 Å². The predicted molar refractivity (Wildman–Crippen MR) is 101 cm³/mol. The highest BCUT2D eigenvalue weighted by Crippen LogP contribution is 2.20. The van der Waals surface area contributed by atoms with E-state index in [1.54, 1.807) is 24.4 Å². The van der Waals surface area contributed by atoms with Crippen LogP contribution in [0.5, 0.6) is 5.75 Å². The van der Waals surface area contributed by atoms with Crippen molar-refractivity contribution in [3.05, 3.63) is 95.8 Å². The fourth-order valence-electron chi connectivity index (χ4n) is 2.61. The normalized spacial score (nSPS) is 11.4. The summed E-state index contributed by atoms with van der Waals surface area (Å²) in [5.74, 6) is -0.460. The van der Waals surface area contributed by atoms with Gasteiger partial charge < -0.3 is 15.8 Å². The van der Waals surface area contributed by atoms with Gasteiger partial charge in [-0.25, -0.2) is 0 Å². The number of rotatable bonds is 7. The number of primary amides is 1. The number of hydrogen-bond donors (Lipinski definition) is 2. The van der Waals surface area contributed by atoms with Gasteiger partial charge in [-0.15, -0.1) is 0 Å². The number of hydrogen-bond acceptors (Lipinski definition) is 4. The minimum absolute atomic E-state index is 0.196. The quantitative estimate of drug-likeness (QED) is 0.676. The molecule has 0 aliphatic rings. The third kappa shape index (κ3) is 4.92. The Balaban J connectivity index is 1.70. The molecule has 3 N–H and O–H groups in total. The van der Waals surface area contributed by atoms with Crippen molar-refractivity contribution in [1.82, 2.24) is 10.3 Å². The fraction of sp³-hybridized carbons (Fsp3) is 0.0952. The van der Waals surface area contributed by atoms with E-state index in [0.29, 0.717) is 11.3 Å². The highest BCUT2D eigenvalue weighted by Gasteiger charge is 2.18. The number of pyridine rings is 1. The van der Waals surface area contributed by atoms with Gasteiger partial charge in [-0.2, -0.15) is 0 Å². The molecule has 1 heterocycles. The van der Waals surface area contributed by atoms with Crippen LogP contribution in [0.25, 0.3) is 0 Å². The number of ether oxygens (including phenoxy) is 1. The molecule has 6 nitrogen and oxygen atoms in total. The van der Waals surface area contributed by atoms with E-state index in [1.807, 2.05) is 48.5 Å². The third-order valence-electron chi connectivity index (χ3n) is 3.91. The van der Waals surface area contributed by atoms with E-state index in [1.165, 1.54) is 6.07 Å². The standard InChI is InChI=1S/C21H19N3O3/c22-21(26)16-9-6-10-17(13-16)27-14-19(25)24-20(15-7-2-1-3-8-15)18-11-4-5-12-23-18/h1-13,20H,14H2,(H2,22,26)(H,24,25)/t20-/m0/s1. The van der Waals surface area contributed by atoms with Crippen LogP contribution >= 0.6 is 0 Å². The molecular weight excluding hydrogens is 342 g/mol. The van der Waals surface area contributed by atoms with Crippen molar-refractivity contribution in [2.24, 2.45) is 5.73 Å². The van der Waals surface area contributed by atoms with Gasteiger partial charge in [-0.3, -0.25) is 14.6 Å². The number of carbonyl (C=O) groups is 2. The lowest BCUT2D eigenvalue weighted by Gasteiger charge is -2.19. The van der Waals surface area contributed by atoms with Crippen molar-refractivity contribution in [3.63, 3.8) is 0 Å². The van der Waals surface area contributed by atoms with Crippen LogP contribution in [-0.4, -0.2) is 23.4 Å². The second-order valence-corrected chi connectivity index (χ2v) is 5.85. The summed E-state index contributed by atoms with van der Waals surface area (Å²) in [6.45, 7) is -0.196. The molecule has 0 spiro atoms. The van der Waals surface area contributed by atoms with Gasteiger partial charge in [0.2, 0.25) is 5.91 Å². The molecule has 2 amide bonds. The molecule has 3 aromatic rings. The second-order valence-electron chi connectivity index (χ2n) is 5.85. The van der Waals surface area contributed by atoms with E-state index < -0.39 is 5.91 Å². The summed E-state index contributed by atoms with van der Waals surface area (Å²) in [5.41, 5.74) is 7.22. The summed E-state index contributed by atoms with van der Waals surface area (Å²) in [6, 6.07) is 21.1. The molecule has 2 aromatic carbocycles. The van der Waals surface area contributed by atoms with Crippen molar-refractivity contribution >= 4 is 11.8 Å². The lowest BCUT2D eigenvalue weighted by Crippen LogP contribution is -2.33. The Morgan fingerprint density at radius 3 is 2.48 bits per heavy atom. The van der Waals surface area contributed by atoms with E-state index in [4.69, 9.17) is 10.5 Å². The van der Waals surface area contributed by atoms with Crippen molar-refractivity contribution < 1.29 is 14.3 Å². The van der Waals surface area contributed by atoms with E-state index in [9.17, 15) is 9.59 Å². The molecule has 136 valence electrons. The van der Waals surface area contributed by atoms with Crippen LogP contribution < -0.4 is 15.8 Å². The molecule has 1 aromatic heterocycles. The molecule has 27 heavy (non-hydrogen) atoms. The molecule has 3 rings (SSSR count). The summed E-state index contributed by atoms with van der Waals surface area (Å²) in [5, 5.41) is 2.94. The molecular formula is C21H19N3O3. The molecule has 0 aliphatic heterocycles. The van der Waals surface area contributed by atoms with Crippen LogP contribution in [-0.2, 0) is 4.79 Å². The summed E-state index contributed by atoms with van der Waals surface area (Å²) in [6.07, 6.45) is 1.68. The number of benzene rings is 2. The van der Waals surface area contributed by atoms with Crippen molar-refractivity contribution in [3.8, 4) is 5.75 Å². The molecule has 6 heteroatoms. The molecule has 0 bridgehead atoms. The minimum atomic E-state index is -0.552. The molecule has 0 unspecified atom stereocenters. The van der Waals surface area contributed by atoms with Crippen molar-refractivity contribution in [2.75, 3.05) is 6.61 Å². The Bertz CT molecular complexity index is 875. The first-order valence-corrected chi connectivity index (χ1v) is 8.41. The lowest BCUT2D eigenvalue weighted by molar-refractivity contribution is -0.123. The van der Waals surface area contributed by atoms with E-state index in [2.05, 4.69) is 10.3 Å². The number of aromatic nitrogens is 1. The monoisotopic (exact) mass is 361 g/mol. The van der Waals surface area contributed by atoms with Crippen molar-refractivity contribution in [1.29, 1.82) is 0 Å². The molecule has 0 radical (unpaired) electrons. The van der Waals surface area contributed by atoms with Crippen molar-refractivity contribution in [2.45, 2.75) is 6.04 Å². The number of nitrogens with two attached hydrogens (primary N) is 1. The number of carbonyl (C=O) groups excluding carboxylic acids is 2. The van der Waals surface area contributed by atoms with Crippen LogP contribution in [0.3, 0.4) is 0 Å². The summed E-state index contributed by atoms with van der Waals surface area (Å²) in [4.78, 5) is 28.0. The van der Waals surface area contributed by atoms with Crippen LogP contribution in [0.4, 0.5) is 0 Å². The van der Waals surface area contributed by atoms with Gasteiger partial charge in [0.15, 0.2) is 6.61 Å². The van der Waals surface area contributed by atoms with Gasteiger partial charge in [0.05, 0.1) is 11.7 Å². The van der Waals surface area contributed by atoms with E-state index in [0.717, 1.165) is 11.3 Å². The van der Waals surface area contributed by atoms with Gasteiger partial charge in [-0.05, 0) is 35.9 Å². The highest BCUT2D eigenvalue weighted by molar-refractivity contribution is 5.93. The number of amides is 2. The first kappa shape index (κ1) is 18.1. The minimum Gasteiger partial charge on any atom is -0.484 e. The average molecular weight is 361 g/mol. The van der Waals surface area contributed by atoms with E-state index in [-0.39, 0.29) is 18.6 Å². The predicted octanol–water partition coefficient (Wildman–Crippen LogP) is 2.47. The number of nitrogens with one attached hydrogen (secondary N) is 1.